The minimum Gasteiger partial charge on any atom is -0.457 e. The highest BCUT2D eigenvalue weighted by Gasteiger charge is 2.19. The standard InChI is InChI=1S/C18H12F2O4/c1-10-5-6-12-11(8-16(21)24-15(12)7-10)9-23-18(22)17-13(19)3-2-4-14(17)20/h2-8H,9H2,1H3. The molecule has 1 aromatic heterocycles. The molecule has 2 aromatic carbocycles. The first-order valence-electron chi connectivity index (χ1n) is 7.10. The SMILES string of the molecule is Cc1ccc2c(COC(=O)c3c(F)cccc3F)cc(=O)oc2c1. The fourth-order valence-electron chi connectivity index (χ4n) is 2.36. The second-order valence-electron chi connectivity index (χ2n) is 5.26. The van der Waals surface area contributed by atoms with E-state index in [-0.39, 0.29) is 6.61 Å². The number of hydrogen-bond acceptors (Lipinski definition) is 4. The van der Waals surface area contributed by atoms with Crippen LogP contribution in [0.3, 0.4) is 0 Å². The Bertz CT molecular complexity index is 972. The third kappa shape index (κ3) is 3.03. The Hall–Kier alpha value is -3.02. The van der Waals surface area contributed by atoms with Crippen LogP contribution < -0.4 is 5.63 Å². The van der Waals surface area contributed by atoms with Gasteiger partial charge in [0.25, 0.3) is 0 Å². The molecule has 0 atom stereocenters. The van der Waals surface area contributed by atoms with E-state index in [4.69, 9.17) is 9.15 Å². The summed E-state index contributed by atoms with van der Waals surface area (Å²) < 4.78 is 37.2. The van der Waals surface area contributed by atoms with Crippen molar-refractivity contribution >= 4 is 16.9 Å². The first-order chi connectivity index (χ1) is 11.5. The van der Waals surface area contributed by atoms with Crippen molar-refractivity contribution in [2.75, 3.05) is 0 Å². The van der Waals surface area contributed by atoms with E-state index in [0.717, 1.165) is 23.8 Å². The minimum atomic E-state index is -1.14. The van der Waals surface area contributed by atoms with Crippen molar-refractivity contribution in [3.05, 3.63) is 81.2 Å². The molecule has 0 N–H and O–H groups in total. The maximum absolute atomic E-state index is 13.6. The number of esters is 1. The number of hydrogen-bond donors (Lipinski definition) is 0. The highest BCUT2D eigenvalue weighted by Crippen LogP contribution is 2.20. The molecule has 0 aliphatic rings. The van der Waals surface area contributed by atoms with Crippen LogP contribution in [0.15, 0.2) is 51.7 Å². The van der Waals surface area contributed by atoms with Gasteiger partial charge in [-0.15, -0.1) is 0 Å². The van der Waals surface area contributed by atoms with Gasteiger partial charge in [0.05, 0.1) is 0 Å². The summed E-state index contributed by atoms with van der Waals surface area (Å²) in [6, 6.07) is 9.48. The molecular weight excluding hydrogens is 318 g/mol. The van der Waals surface area contributed by atoms with Gasteiger partial charge in [-0.1, -0.05) is 18.2 Å². The molecule has 122 valence electrons. The van der Waals surface area contributed by atoms with Crippen molar-refractivity contribution in [1.29, 1.82) is 0 Å². The van der Waals surface area contributed by atoms with Gasteiger partial charge >= 0.3 is 11.6 Å². The molecule has 0 spiro atoms. The summed E-state index contributed by atoms with van der Waals surface area (Å²) in [6.45, 7) is 1.53. The third-order valence-electron chi connectivity index (χ3n) is 3.51. The van der Waals surface area contributed by atoms with Crippen LogP contribution in [-0.2, 0) is 11.3 Å². The van der Waals surface area contributed by atoms with Crippen LogP contribution >= 0.6 is 0 Å². The number of halogens is 2. The van der Waals surface area contributed by atoms with Gasteiger partial charge in [-0.3, -0.25) is 0 Å². The maximum atomic E-state index is 13.6. The number of rotatable bonds is 3. The number of aryl methyl sites for hydroxylation is 1. The highest BCUT2D eigenvalue weighted by atomic mass is 19.1. The summed E-state index contributed by atoms with van der Waals surface area (Å²) in [6.07, 6.45) is 0. The molecule has 6 heteroatoms. The summed E-state index contributed by atoms with van der Waals surface area (Å²) in [5.74, 6) is -3.15. The van der Waals surface area contributed by atoms with Gasteiger partial charge < -0.3 is 9.15 Å². The van der Waals surface area contributed by atoms with Gasteiger partial charge in [-0.2, -0.15) is 0 Å². The normalized spacial score (nSPS) is 10.8. The number of ether oxygens (including phenoxy) is 1. The van der Waals surface area contributed by atoms with Gasteiger partial charge in [0.1, 0.15) is 29.4 Å². The lowest BCUT2D eigenvalue weighted by Gasteiger charge is -2.08. The molecule has 0 saturated heterocycles. The van der Waals surface area contributed by atoms with Gasteiger partial charge in [0, 0.05) is 17.0 Å². The Labute approximate surface area is 135 Å². The van der Waals surface area contributed by atoms with E-state index >= 15 is 0 Å². The van der Waals surface area contributed by atoms with E-state index in [1.54, 1.807) is 12.1 Å². The van der Waals surface area contributed by atoms with Crippen LogP contribution in [0.25, 0.3) is 11.0 Å². The zero-order valence-electron chi connectivity index (χ0n) is 12.6. The first-order valence-corrected chi connectivity index (χ1v) is 7.10. The van der Waals surface area contributed by atoms with Crippen molar-refractivity contribution < 1.29 is 22.7 Å². The molecule has 0 aliphatic heterocycles. The van der Waals surface area contributed by atoms with Gasteiger partial charge in [0.15, 0.2) is 0 Å². The predicted octanol–water partition coefficient (Wildman–Crippen LogP) is 3.74. The third-order valence-corrected chi connectivity index (χ3v) is 3.51. The Morgan fingerprint density at radius 3 is 2.54 bits per heavy atom. The maximum Gasteiger partial charge on any atom is 0.344 e. The van der Waals surface area contributed by atoms with E-state index in [0.29, 0.717) is 16.5 Å². The average molecular weight is 330 g/mol. The summed E-state index contributed by atoms with van der Waals surface area (Å²) in [5.41, 5.74) is 0.280. The Balaban J connectivity index is 1.91. The van der Waals surface area contributed by atoms with Crippen LogP contribution in [0.2, 0.25) is 0 Å². The summed E-state index contributed by atoms with van der Waals surface area (Å²) in [5, 5.41) is 0.585. The minimum absolute atomic E-state index is 0.308. The lowest BCUT2D eigenvalue weighted by atomic mass is 10.1. The Morgan fingerprint density at radius 1 is 1.12 bits per heavy atom. The van der Waals surface area contributed by atoms with Crippen LogP contribution in [0.4, 0.5) is 8.78 Å². The van der Waals surface area contributed by atoms with Gasteiger partial charge in [-0.05, 0) is 30.7 Å². The van der Waals surface area contributed by atoms with Crippen molar-refractivity contribution in [1.82, 2.24) is 0 Å². The highest BCUT2D eigenvalue weighted by molar-refractivity contribution is 5.90. The molecule has 0 radical (unpaired) electrons. The molecular formula is C18H12F2O4. The Morgan fingerprint density at radius 2 is 1.83 bits per heavy atom. The zero-order chi connectivity index (χ0) is 17.3. The smallest absolute Gasteiger partial charge is 0.344 e. The molecule has 0 aliphatic carbocycles. The fourth-order valence-corrected chi connectivity index (χ4v) is 2.36. The number of carbonyl (C=O) groups excluding carboxylic acids is 1. The average Bonchev–Trinajstić information content (AvgIpc) is 2.51. The summed E-state index contributed by atoms with van der Waals surface area (Å²) >= 11 is 0. The molecule has 24 heavy (non-hydrogen) atoms. The van der Waals surface area contributed by atoms with Crippen molar-refractivity contribution in [2.24, 2.45) is 0 Å². The molecule has 0 bridgehead atoms. The largest absolute Gasteiger partial charge is 0.457 e. The van der Waals surface area contributed by atoms with Crippen molar-refractivity contribution in [3.63, 3.8) is 0 Å². The molecule has 3 aromatic rings. The monoisotopic (exact) mass is 330 g/mol. The summed E-state index contributed by atoms with van der Waals surface area (Å²) in [4.78, 5) is 23.5. The van der Waals surface area contributed by atoms with E-state index in [1.807, 2.05) is 13.0 Å². The first kappa shape index (κ1) is 15.9. The molecule has 0 amide bonds. The van der Waals surface area contributed by atoms with Gasteiger partial charge in [0.2, 0.25) is 0 Å². The van der Waals surface area contributed by atoms with E-state index in [2.05, 4.69) is 0 Å². The molecule has 4 nitrogen and oxygen atoms in total. The molecule has 0 saturated carbocycles. The van der Waals surface area contributed by atoms with Gasteiger partial charge in [-0.25, -0.2) is 18.4 Å². The fraction of sp³-hybridized carbons (Fsp3) is 0.111. The molecule has 1 heterocycles. The molecule has 0 fully saturated rings. The van der Waals surface area contributed by atoms with Crippen LogP contribution in [0.5, 0.6) is 0 Å². The van der Waals surface area contributed by atoms with Crippen LogP contribution in [-0.4, -0.2) is 5.97 Å². The number of carbonyl (C=O) groups is 1. The van der Waals surface area contributed by atoms with Crippen LogP contribution in [0.1, 0.15) is 21.5 Å². The van der Waals surface area contributed by atoms with E-state index in [9.17, 15) is 18.4 Å². The lowest BCUT2D eigenvalue weighted by Crippen LogP contribution is -2.11. The number of benzene rings is 2. The number of fused-ring (bicyclic) bond motifs is 1. The molecule has 3 rings (SSSR count). The zero-order valence-corrected chi connectivity index (χ0v) is 12.6. The second-order valence-corrected chi connectivity index (χ2v) is 5.26. The van der Waals surface area contributed by atoms with Crippen LogP contribution in [0, 0.1) is 18.6 Å². The Kier molecular flexibility index (Phi) is 4.12. The van der Waals surface area contributed by atoms with Crippen molar-refractivity contribution in [2.45, 2.75) is 13.5 Å². The topological polar surface area (TPSA) is 56.5 Å². The summed E-state index contributed by atoms with van der Waals surface area (Å²) in [7, 11) is 0. The quantitative estimate of drug-likeness (QED) is 0.542. The van der Waals surface area contributed by atoms with E-state index in [1.165, 1.54) is 6.07 Å². The van der Waals surface area contributed by atoms with Crippen molar-refractivity contribution in [3.8, 4) is 0 Å². The predicted molar refractivity (Wildman–Crippen MR) is 82.7 cm³/mol. The second kappa shape index (κ2) is 6.23. The lowest BCUT2D eigenvalue weighted by molar-refractivity contribution is 0.0462. The van der Waals surface area contributed by atoms with E-state index < -0.39 is 28.8 Å². The molecule has 0 unspecified atom stereocenters.